The van der Waals surface area contributed by atoms with E-state index < -0.39 is 11.6 Å². The molecule has 1 saturated carbocycles. The van der Waals surface area contributed by atoms with E-state index in [1.807, 2.05) is 19.1 Å². The number of ether oxygens (including phenoxy) is 2. The normalized spacial score (nSPS) is 17.8. The second-order valence-corrected chi connectivity index (χ2v) is 9.65. The molecule has 1 aliphatic carbocycles. The van der Waals surface area contributed by atoms with Gasteiger partial charge in [-0.25, -0.2) is 13.2 Å². The van der Waals surface area contributed by atoms with Gasteiger partial charge in [-0.2, -0.15) is 0 Å². The Morgan fingerprint density at radius 1 is 0.838 bits per heavy atom. The van der Waals surface area contributed by atoms with E-state index in [4.69, 9.17) is 9.47 Å². The summed E-state index contributed by atoms with van der Waals surface area (Å²) in [4.78, 5) is 0. The first kappa shape index (κ1) is 26.8. The van der Waals surface area contributed by atoms with E-state index in [9.17, 15) is 4.39 Å². The van der Waals surface area contributed by atoms with Crippen molar-refractivity contribution < 1.29 is 22.6 Å². The molecule has 1 aliphatic rings. The van der Waals surface area contributed by atoms with E-state index in [1.54, 1.807) is 42.5 Å². The molecule has 0 radical (unpaired) electrons. The molecule has 0 unspecified atom stereocenters. The van der Waals surface area contributed by atoms with Gasteiger partial charge in [-0.05, 0) is 91.8 Å². The largest absolute Gasteiger partial charge is 0.494 e. The van der Waals surface area contributed by atoms with E-state index in [2.05, 4.69) is 13.0 Å². The molecule has 0 saturated heterocycles. The number of unbranched alkanes of at least 4 members (excludes halogenated alkanes) is 1. The van der Waals surface area contributed by atoms with Crippen LogP contribution < -0.4 is 9.47 Å². The second kappa shape index (κ2) is 12.8. The van der Waals surface area contributed by atoms with Crippen molar-refractivity contribution in [2.75, 3.05) is 13.2 Å². The lowest BCUT2D eigenvalue weighted by Crippen LogP contribution is -2.13. The molecule has 2 nitrogen and oxygen atoms in total. The summed E-state index contributed by atoms with van der Waals surface area (Å²) in [5.74, 6) is -0.602. The van der Waals surface area contributed by atoms with Gasteiger partial charge in [0.05, 0.1) is 13.2 Å². The van der Waals surface area contributed by atoms with Gasteiger partial charge in [0.2, 0.25) is 0 Å². The molecule has 0 bridgehead atoms. The minimum atomic E-state index is -0.795. The van der Waals surface area contributed by atoms with Gasteiger partial charge in [0.25, 0.3) is 0 Å². The van der Waals surface area contributed by atoms with Gasteiger partial charge in [-0.15, -0.1) is 0 Å². The summed E-state index contributed by atoms with van der Waals surface area (Å²) in [6, 6.07) is 15.5. The summed E-state index contributed by atoms with van der Waals surface area (Å²) in [6.07, 6.45) is 9.38. The molecule has 0 amide bonds. The zero-order chi connectivity index (χ0) is 26.2. The third kappa shape index (κ3) is 6.76. The topological polar surface area (TPSA) is 18.5 Å². The number of benzene rings is 3. The van der Waals surface area contributed by atoms with E-state index in [1.165, 1.54) is 6.07 Å². The number of halogens is 3. The third-order valence-electron chi connectivity index (χ3n) is 7.07. The smallest absolute Gasteiger partial charge is 0.166 e. The summed E-state index contributed by atoms with van der Waals surface area (Å²) >= 11 is 0. The third-order valence-corrected chi connectivity index (χ3v) is 7.07. The van der Waals surface area contributed by atoms with Crippen LogP contribution in [0.5, 0.6) is 11.5 Å². The first-order valence-corrected chi connectivity index (χ1v) is 13.3. The summed E-state index contributed by atoms with van der Waals surface area (Å²) in [5.41, 5.74) is 2.13. The van der Waals surface area contributed by atoms with Crippen molar-refractivity contribution in [3.8, 4) is 22.6 Å². The number of hydrogen-bond donors (Lipinski definition) is 0. The Morgan fingerprint density at radius 2 is 1.59 bits per heavy atom. The molecule has 0 spiro atoms. The van der Waals surface area contributed by atoms with Crippen LogP contribution >= 0.6 is 0 Å². The average molecular weight is 509 g/mol. The first-order valence-electron chi connectivity index (χ1n) is 13.3. The Hall–Kier alpha value is -3.21. The van der Waals surface area contributed by atoms with E-state index in [0.29, 0.717) is 30.3 Å². The van der Waals surface area contributed by atoms with Crippen LogP contribution in [0.2, 0.25) is 0 Å². The second-order valence-electron chi connectivity index (χ2n) is 9.65. The highest BCUT2D eigenvalue weighted by molar-refractivity contribution is 5.65. The lowest BCUT2D eigenvalue weighted by Gasteiger charge is -2.27. The fourth-order valence-corrected chi connectivity index (χ4v) is 4.93. The van der Waals surface area contributed by atoms with Crippen molar-refractivity contribution in [2.45, 2.75) is 58.3 Å². The Labute approximate surface area is 218 Å². The number of rotatable bonds is 10. The first-order chi connectivity index (χ1) is 18.0. The van der Waals surface area contributed by atoms with Gasteiger partial charge in [-0.1, -0.05) is 55.8 Å². The van der Waals surface area contributed by atoms with Gasteiger partial charge in [0, 0.05) is 5.56 Å². The summed E-state index contributed by atoms with van der Waals surface area (Å²) in [7, 11) is 0. The molecular formula is C32H35F3O2. The Balaban J connectivity index is 1.37. The fraction of sp³-hybridized carbons (Fsp3) is 0.375. The lowest BCUT2D eigenvalue weighted by molar-refractivity contribution is 0.309. The summed E-state index contributed by atoms with van der Waals surface area (Å²) in [6.45, 7) is 4.99. The molecule has 4 rings (SSSR count). The lowest BCUT2D eigenvalue weighted by atomic mass is 9.78. The van der Waals surface area contributed by atoms with E-state index in [0.717, 1.165) is 49.8 Å². The Morgan fingerprint density at radius 3 is 2.27 bits per heavy atom. The maximum absolute atomic E-state index is 15.1. The predicted molar refractivity (Wildman–Crippen MR) is 143 cm³/mol. The molecule has 3 aromatic rings. The van der Waals surface area contributed by atoms with Crippen LogP contribution in [0.3, 0.4) is 0 Å². The molecule has 1 fully saturated rings. The fourth-order valence-electron chi connectivity index (χ4n) is 4.93. The Kier molecular flexibility index (Phi) is 9.32. The van der Waals surface area contributed by atoms with Gasteiger partial charge in [0.1, 0.15) is 5.75 Å². The van der Waals surface area contributed by atoms with Crippen molar-refractivity contribution in [3.63, 3.8) is 0 Å². The highest BCUT2D eigenvalue weighted by Gasteiger charge is 2.25. The molecule has 0 heterocycles. The van der Waals surface area contributed by atoms with Crippen LogP contribution in [0.15, 0.2) is 60.7 Å². The molecule has 3 aromatic carbocycles. The molecule has 0 aliphatic heterocycles. The monoisotopic (exact) mass is 508 g/mol. The van der Waals surface area contributed by atoms with Crippen LogP contribution in [0, 0.1) is 23.4 Å². The SMILES string of the molecule is CCCCOc1ccc(-c2ccc(C3CCC(/C=C/c4ccc(OCC)c(F)c4)CC3)c(F)c2F)cc1. The number of hydrogen-bond acceptors (Lipinski definition) is 2. The summed E-state index contributed by atoms with van der Waals surface area (Å²) in [5, 5.41) is 0. The standard InChI is InChI=1S/C32H35F3O2/c1-3-5-20-37-26-15-13-25(14-16-26)28-18-17-27(31(34)32(28)35)24-11-8-22(9-12-24)6-7-23-10-19-30(36-4-2)29(33)21-23/h6-7,10,13-19,21-22,24H,3-5,8-9,11-12,20H2,1-2H3/b7-6+. The van der Waals surface area contributed by atoms with Crippen molar-refractivity contribution in [1.82, 2.24) is 0 Å². The zero-order valence-corrected chi connectivity index (χ0v) is 21.6. The van der Waals surface area contributed by atoms with Crippen LogP contribution in [-0.4, -0.2) is 13.2 Å². The van der Waals surface area contributed by atoms with Gasteiger partial charge < -0.3 is 9.47 Å². The van der Waals surface area contributed by atoms with Crippen LogP contribution in [0.1, 0.15) is 69.4 Å². The zero-order valence-electron chi connectivity index (χ0n) is 21.6. The van der Waals surface area contributed by atoms with Gasteiger partial charge in [0.15, 0.2) is 23.2 Å². The van der Waals surface area contributed by atoms with E-state index >= 15 is 8.78 Å². The highest BCUT2D eigenvalue weighted by atomic mass is 19.2. The van der Waals surface area contributed by atoms with Crippen molar-refractivity contribution >= 4 is 6.08 Å². The van der Waals surface area contributed by atoms with Gasteiger partial charge >= 0.3 is 0 Å². The van der Waals surface area contributed by atoms with Crippen LogP contribution in [-0.2, 0) is 0 Å². The van der Waals surface area contributed by atoms with Crippen molar-refractivity contribution in [1.29, 1.82) is 0 Å². The maximum Gasteiger partial charge on any atom is 0.166 e. The number of allylic oxidation sites excluding steroid dienone is 1. The maximum atomic E-state index is 15.1. The van der Waals surface area contributed by atoms with Gasteiger partial charge in [-0.3, -0.25) is 0 Å². The highest BCUT2D eigenvalue weighted by Crippen LogP contribution is 2.39. The van der Waals surface area contributed by atoms with Crippen molar-refractivity contribution in [2.24, 2.45) is 5.92 Å². The molecular weight excluding hydrogens is 473 g/mol. The van der Waals surface area contributed by atoms with Crippen LogP contribution in [0.4, 0.5) is 13.2 Å². The minimum Gasteiger partial charge on any atom is -0.494 e. The molecule has 196 valence electrons. The quantitative estimate of drug-likeness (QED) is 0.254. The molecule has 0 aromatic heterocycles. The minimum absolute atomic E-state index is 0.00883. The van der Waals surface area contributed by atoms with E-state index in [-0.39, 0.29) is 23.0 Å². The molecule has 5 heteroatoms. The molecule has 37 heavy (non-hydrogen) atoms. The molecule has 0 N–H and O–H groups in total. The molecule has 0 atom stereocenters. The van der Waals surface area contributed by atoms with Crippen molar-refractivity contribution in [3.05, 3.63) is 89.3 Å². The average Bonchev–Trinajstić information content (AvgIpc) is 2.91. The summed E-state index contributed by atoms with van der Waals surface area (Å²) < 4.78 is 55.2. The predicted octanol–water partition coefficient (Wildman–Crippen LogP) is 9.34. The Bertz CT molecular complexity index is 1200. The van der Waals surface area contributed by atoms with Crippen LogP contribution in [0.25, 0.3) is 17.2 Å².